The summed E-state index contributed by atoms with van der Waals surface area (Å²) in [5.74, 6) is 0.566. The summed E-state index contributed by atoms with van der Waals surface area (Å²) >= 11 is 6.99. The number of thiophene rings is 1. The molecule has 0 aromatic carbocycles. The number of aromatic amines is 1. The largest absolute Gasteiger partial charge is 0.311 e. The number of aryl methyl sites for hydroxylation is 1. The van der Waals surface area contributed by atoms with Gasteiger partial charge in [0.1, 0.15) is 10.0 Å². The van der Waals surface area contributed by atoms with E-state index in [1.165, 1.54) is 0 Å². The Hall–Kier alpha value is -1.22. The summed E-state index contributed by atoms with van der Waals surface area (Å²) < 4.78 is 28.5. The first-order chi connectivity index (χ1) is 11.4. The molecule has 0 amide bonds. The molecule has 2 aromatic heterocycles. The Balaban J connectivity index is 1.78. The van der Waals surface area contributed by atoms with Gasteiger partial charge in [-0.25, -0.2) is 13.4 Å². The fourth-order valence-electron chi connectivity index (χ4n) is 3.76. The minimum Gasteiger partial charge on any atom is -0.311 e. The molecular formula is C15H16ClN3O3S2. The Labute approximate surface area is 148 Å². The summed E-state index contributed by atoms with van der Waals surface area (Å²) in [5, 5.41) is 0. The molecule has 0 unspecified atom stereocenters. The van der Waals surface area contributed by atoms with Gasteiger partial charge in [0, 0.05) is 24.1 Å². The predicted molar refractivity (Wildman–Crippen MR) is 92.2 cm³/mol. The van der Waals surface area contributed by atoms with Gasteiger partial charge < -0.3 is 4.98 Å². The van der Waals surface area contributed by atoms with E-state index in [-0.39, 0.29) is 21.9 Å². The second-order valence-electron chi connectivity index (χ2n) is 6.26. The SMILES string of the molecule is Cc1nc2c(c(=O)[nH]1)C[C@H]1CC[C@@H](C2)N1S(=O)(=O)c1ccc(Cl)s1. The number of rotatable bonds is 2. The molecule has 4 heterocycles. The van der Waals surface area contributed by atoms with Crippen LogP contribution in [0.5, 0.6) is 0 Å². The van der Waals surface area contributed by atoms with Gasteiger partial charge in [0.15, 0.2) is 0 Å². The van der Waals surface area contributed by atoms with Crippen molar-refractivity contribution >= 4 is 33.0 Å². The van der Waals surface area contributed by atoms with Crippen molar-refractivity contribution in [1.29, 1.82) is 0 Å². The van der Waals surface area contributed by atoms with Crippen LogP contribution in [0, 0.1) is 6.92 Å². The van der Waals surface area contributed by atoms with E-state index in [2.05, 4.69) is 9.97 Å². The number of sulfonamides is 1. The average Bonchev–Trinajstić information content (AvgIpc) is 3.04. The lowest BCUT2D eigenvalue weighted by atomic mass is 9.98. The molecule has 0 radical (unpaired) electrons. The molecule has 2 aliphatic rings. The Kier molecular flexibility index (Phi) is 3.83. The van der Waals surface area contributed by atoms with Gasteiger partial charge in [-0.05, 0) is 38.3 Å². The minimum absolute atomic E-state index is 0.151. The molecule has 2 aromatic rings. The van der Waals surface area contributed by atoms with Crippen LogP contribution in [0.1, 0.15) is 29.9 Å². The number of nitrogens with zero attached hydrogens (tertiary/aromatic N) is 2. The van der Waals surface area contributed by atoms with Gasteiger partial charge >= 0.3 is 0 Å². The molecule has 9 heteroatoms. The number of halogens is 1. The van der Waals surface area contributed by atoms with Crippen LogP contribution in [0.2, 0.25) is 4.34 Å². The van der Waals surface area contributed by atoms with Gasteiger partial charge in [0.25, 0.3) is 15.6 Å². The van der Waals surface area contributed by atoms with Crippen molar-refractivity contribution < 1.29 is 8.42 Å². The third-order valence-corrected chi connectivity index (χ3v) is 8.43. The maximum absolute atomic E-state index is 13.1. The molecule has 2 atom stereocenters. The monoisotopic (exact) mass is 385 g/mol. The van der Waals surface area contributed by atoms with E-state index in [9.17, 15) is 13.2 Å². The molecule has 0 saturated carbocycles. The smallest absolute Gasteiger partial charge is 0.254 e. The highest BCUT2D eigenvalue weighted by Gasteiger charge is 2.45. The third kappa shape index (κ3) is 2.52. The van der Waals surface area contributed by atoms with Crippen LogP contribution < -0.4 is 5.56 Å². The maximum atomic E-state index is 13.1. The number of nitrogens with one attached hydrogen (secondary N) is 1. The Morgan fingerprint density at radius 1 is 1.29 bits per heavy atom. The van der Waals surface area contributed by atoms with E-state index >= 15 is 0 Å². The molecule has 2 aliphatic heterocycles. The fraction of sp³-hybridized carbons (Fsp3) is 0.467. The lowest BCUT2D eigenvalue weighted by Crippen LogP contribution is -2.41. The number of fused-ring (bicyclic) bond motifs is 3. The van der Waals surface area contributed by atoms with Gasteiger partial charge in [-0.15, -0.1) is 11.3 Å². The summed E-state index contributed by atoms with van der Waals surface area (Å²) in [5.41, 5.74) is 1.20. The molecule has 2 bridgehead atoms. The van der Waals surface area contributed by atoms with Crippen molar-refractivity contribution in [3.8, 4) is 0 Å². The Morgan fingerprint density at radius 2 is 2.00 bits per heavy atom. The standard InChI is InChI=1S/C15H16ClN3O3S2/c1-8-17-12-7-10-3-2-9(6-11(12)15(20)18-8)19(10)24(21,22)14-5-4-13(16)23-14/h4-5,9-10H,2-3,6-7H2,1H3,(H,17,18,20)/t9-,10+/m1/s1. The molecule has 0 aliphatic carbocycles. The van der Waals surface area contributed by atoms with Gasteiger partial charge in [-0.3, -0.25) is 4.79 Å². The first kappa shape index (κ1) is 16.3. The normalized spacial score (nSPS) is 23.9. The van der Waals surface area contributed by atoms with E-state index in [0.29, 0.717) is 28.6 Å². The molecular weight excluding hydrogens is 370 g/mol. The first-order valence-electron chi connectivity index (χ1n) is 7.74. The van der Waals surface area contributed by atoms with Crippen LogP contribution in [0.4, 0.5) is 0 Å². The van der Waals surface area contributed by atoms with Gasteiger partial charge in [-0.2, -0.15) is 4.31 Å². The van der Waals surface area contributed by atoms with Crippen LogP contribution in [-0.2, 0) is 22.9 Å². The van der Waals surface area contributed by atoms with Crippen molar-refractivity contribution in [1.82, 2.24) is 14.3 Å². The minimum atomic E-state index is -3.61. The van der Waals surface area contributed by atoms with E-state index in [1.54, 1.807) is 23.4 Å². The molecule has 1 fully saturated rings. The summed E-state index contributed by atoms with van der Waals surface area (Å²) in [4.78, 5) is 19.4. The second-order valence-corrected chi connectivity index (χ2v) is 10.0. The van der Waals surface area contributed by atoms with Crippen LogP contribution >= 0.6 is 22.9 Å². The summed E-state index contributed by atoms with van der Waals surface area (Å²) in [6.45, 7) is 1.74. The summed E-state index contributed by atoms with van der Waals surface area (Å²) in [7, 11) is -3.61. The number of H-pyrrole nitrogens is 1. The Morgan fingerprint density at radius 3 is 2.67 bits per heavy atom. The summed E-state index contributed by atoms with van der Waals surface area (Å²) in [6.07, 6.45) is 2.44. The van der Waals surface area contributed by atoms with Crippen molar-refractivity contribution in [2.45, 2.75) is 48.9 Å². The van der Waals surface area contributed by atoms with Gasteiger partial charge in [0.05, 0.1) is 10.0 Å². The van der Waals surface area contributed by atoms with E-state index in [0.717, 1.165) is 29.9 Å². The van der Waals surface area contributed by atoms with Crippen molar-refractivity contribution in [3.63, 3.8) is 0 Å². The lowest BCUT2D eigenvalue weighted by molar-refractivity contribution is 0.328. The van der Waals surface area contributed by atoms with Crippen molar-refractivity contribution in [2.75, 3.05) is 0 Å². The quantitative estimate of drug-likeness (QED) is 0.858. The molecule has 1 saturated heterocycles. The van der Waals surface area contributed by atoms with E-state index in [1.807, 2.05) is 0 Å². The molecule has 128 valence electrons. The lowest BCUT2D eigenvalue weighted by Gasteiger charge is -2.26. The zero-order chi connectivity index (χ0) is 17.1. The third-order valence-electron chi connectivity index (χ3n) is 4.72. The topological polar surface area (TPSA) is 83.1 Å². The number of hydrogen-bond donors (Lipinski definition) is 1. The zero-order valence-electron chi connectivity index (χ0n) is 13.0. The molecule has 4 rings (SSSR count). The van der Waals surface area contributed by atoms with Gasteiger partial charge in [-0.1, -0.05) is 11.6 Å². The highest BCUT2D eigenvalue weighted by Crippen LogP contribution is 2.39. The number of hydrogen-bond acceptors (Lipinski definition) is 5. The van der Waals surface area contributed by atoms with Crippen LogP contribution in [0.3, 0.4) is 0 Å². The van der Waals surface area contributed by atoms with Crippen molar-refractivity contribution in [3.05, 3.63) is 43.9 Å². The second kappa shape index (κ2) is 5.66. The average molecular weight is 386 g/mol. The summed E-state index contributed by atoms with van der Waals surface area (Å²) in [6, 6.07) is 2.79. The van der Waals surface area contributed by atoms with Crippen LogP contribution in [0.25, 0.3) is 0 Å². The van der Waals surface area contributed by atoms with Crippen molar-refractivity contribution in [2.24, 2.45) is 0 Å². The van der Waals surface area contributed by atoms with Crippen LogP contribution in [0.15, 0.2) is 21.1 Å². The molecule has 0 spiro atoms. The molecule has 1 N–H and O–H groups in total. The predicted octanol–water partition coefficient (Wildman–Crippen LogP) is 2.11. The fourth-order valence-corrected chi connectivity index (χ4v) is 7.22. The Bertz CT molecular complexity index is 967. The van der Waals surface area contributed by atoms with Crippen LogP contribution in [-0.4, -0.2) is 34.8 Å². The molecule has 6 nitrogen and oxygen atoms in total. The maximum Gasteiger partial charge on any atom is 0.254 e. The number of aromatic nitrogens is 2. The van der Waals surface area contributed by atoms with E-state index in [4.69, 9.17) is 11.6 Å². The highest BCUT2D eigenvalue weighted by atomic mass is 35.5. The highest BCUT2D eigenvalue weighted by molar-refractivity contribution is 7.91. The van der Waals surface area contributed by atoms with Gasteiger partial charge in [0.2, 0.25) is 0 Å². The first-order valence-corrected chi connectivity index (χ1v) is 10.4. The zero-order valence-corrected chi connectivity index (χ0v) is 15.3. The van der Waals surface area contributed by atoms with E-state index < -0.39 is 10.0 Å². The molecule has 24 heavy (non-hydrogen) atoms.